The fraction of sp³-hybridized carbons (Fsp3) is 0.471. The predicted molar refractivity (Wildman–Crippen MR) is 87.0 cm³/mol. The molecule has 1 N–H and O–H groups in total. The Bertz CT molecular complexity index is 590. The number of likely N-dealkylation sites (tertiary alicyclic amines) is 1. The monoisotopic (exact) mass is 284 g/mol. The molecule has 1 aliphatic heterocycles. The minimum absolute atomic E-state index is 0.500. The van der Waals surface area contributed by atoms with Crippen molar-refractivity contribution < 1.29 is 0 Å². The Morgan fingerprint density at radius 1 is 1.24 bits per heavy atom. The summed E-state index contributed by atoms with van der Waals surface area (Å²) >= 11 is 0. The van der Waals surface area contributed by atoms with Gasteiger partial charge < -0.3 is 10.2 Å². The third kappa shape index (κ3) is 3.10. The molecule has 0 amide bonds. The number of imidazole rings is 1. The lowest BCUT2D eigenvalue weighted by atomic mass is 9.99. The van der Waals surface area contributed by atoms with Crippen LogP contribution in [0.4, 0.5) is 5.95 Å². The van der Waals surface area contributed by atoms with Crippen molar-refractivity contribution in [2.45, 2.75) is 38.8 Å². The van der Waals surface area contributed by atoms with Crippen LogP contribution < -0.4 is 5.32 Å². The molecule has 21 heavy (non-hydrogen) atoms. The number of aromatic nitrogens is 2. The Hall–Kier alpha value is -1.81. The Morgan fingerprint density at radius 2 is 2.00 bits per heavy atom. The molecule has 4 heteroatoms. The molecule has 3 rings (SSSR count). The molecule has 0 spiro atoms. The maximum atomic E-state index is 4.66. The molecule has 0 saturated carbocycles. The molecular weight excluding hydrogens is 260 g/mol. The van der Waals surface area contributed by atoms with Crippen molar-refractivity contribution in [3.63, 3.8) is 0 Å². The average molecular weight is 284 g/mol. The van der Waals surface area contributed by atoms with E-state index in [0.29, 0.717) is 12.1 Å². The quantitative estimate of drug-likeness (QED) is 0.940. The molecule has 112 valence electrons. The number of hydrogen-bond donors (Lipinski definition) is 1. The van der Waals surface area contributed by atoms with Crippen LogP contribution in [0.5, 0.6) is 0 Å². The summed E-state index contributed by atoms with van der Waals surface area (Å²) in [5, 5.41) is 3.64. The highest BCUT2D eigenvalue weighted by atomic mass is 15.2. The fourth-order valence-electron chi connectivity index (χ4n) is 2.99. The van der Waals surface area contributed by atoms with Crippen LogP contribution in [-0.4, -0.2) is 40.1 Å². The summed E-state index contributed by atoms with van der Waals surface area (Å²) in [6, 6.07) is 11.5. The van der Waals surface area contributed by atoms with Gasteiger partial charge in [-0.3, -0.25) is 4.57 Å². The van der Waals surface area contributed by atoms with Crippen molar-refractivity contribution in [2.24, 2.45) is 0 Å². The minimum atomic E-state index is 0.500. The molecular formula is C17H24N4. The van der Waals surface area contributed by atoms with Crippen molar-refractivity contribution in [3.8, 4) is 5.69 Å². The summed E-state index contributed by atoms with van der Waals surface area (Å²) in [7, 11) is 2.20. The second-order valence-corrected chi connectivity index (χ2v) is 6.11. The number of piperidine rings is 1. The van der Waals surface area contributed by atoms with Gasteiger partial charge in [-0.15, -0.1) is 0 Å². The molecule has 0 radical (unpaired) electrons. The summed E-state index contributed by atoms with van der Waals surface area (Å²) in [6.45, 7) is 5.48. The van der Waals surface area contributed by atoms with Crippen LogP contribution in [0.15, 0.2) is 36.5 Å². The van der Waals surface area contributed by atoms with Gasteiger partial charge in [0.25, 0.3) is 0 Å². The van der Waals surface area contributed by atoms with Gasteiger partial charge in [-0.1, -0.05) is 18.2 Å². The van der Waals surface area contributed by atoms with Crippen LogP contribution in [0.25, 0.3) is 5.69 Å². The maximum absolute atomic E-state index is 4.66. The van der Waals surface area contributed by atoms with Gasteiger partial charge in [-0.25, -0.2) is 4.98 Å². The van der Waals surface area contributed by atoms with Crippen molar-refractivity contribution >= 4 is 5.95 Å². The van der Waals surface area contributed by atoms with Gasteiger partial charge in [0, 0.05) is 30.5 Å². The van der Waals surface area contributed by atoms with E-state index in [1.54, 1.807) is 0 Å². The van der Waals surface area contributed by atoms with E-state index in [9.17, 15) is 0 Å². The van der Waals surface area contributed by atoms with E-state index in [1.807, 2.05) is 13.0 Å². The Kier molecular flexibility index (Phi) is 3.97. The van der Waals surface area contributed by atoms with Gasteiger partial charge >= 0.3 is 0 Å². The zero-order chi connectivity index (χ0) is 14.8. The normalized spacial score (nSPS) is 23.2. The summed E-state index contributed by atoms with van der Waals surface area (Å²) in [5.74, 6) is 0.959. The van der Waals surface area contributed by atoms with Crippen LogP contribution in [0.2, 0.25) is 0 Å². The van der Waals surface area contributed by atoms with Crippen molar-refractivity contribution in [1.82, 2.24) is 14.5 Å². The van der Waals surface area contributed by atoms with Crippen molar-refractivity contribution in [1.29, 1.82) is 0 Å². The molecule has 1 saturated heterocycles. The molecule has 1 aromatic heterocycles. The average Bonchev–Trinajstić information content (AvgIpc) is 2.85. The molecule has 1 fully saturated rings. The SMILES string of the molecule is Cc1cn(-c2ccccc2)c(NC2CCN(C)C(C)C2)n1. The second kappa shape index (κ2) is 5.90. The Morgan fingerprint density at radius 3 is 2.71 bits per heavy atom. The number of nitrogens with zero attached hydrogens (tertiary/aromatic N) is 3. The number of aryl methyl sites for hydroxylation is 1. The lowest BCUT2D eigenvalue weighted by Crippen LogP contribution is -2.43. The Balaban J connectivity index is 1.80. The van der Waals surface area contributed by atoms with E-state index in [0.717, 1.165) is 30.3 Å². The molecule has 0 bridgehead atoms. The lowest BCUT2D eigenvalue weighted by Gasteiger charge is -2.35. The molecule has 2 aromatic rings. The molecule has 2 atom stereocenters. The van der Waals surface area contributed by atoms with Gasteiger partial charge in [0.15, 0.2) is 0 Å². The highest BCUT2D eigenvalue weighted by molar-refractivity contribution is 5.43. The summed E-state index contributed by atoms with van der Waals surface area (Å²) in [4.78, 5) is 7.09. The lowest BCUT2D eigenvalue weighted by molar-refractivity contribution is 0.189. The van der Waals surface area contributed by atoms with Gasteiger partial charge in [0.1, 0.15) is 0 Å². The first kappa shape index (κ1) is 14.1. The third-order valence-electron chi connectivity index (χ3n) is 4.40. The molecule has 2 heterocycles. The number of nitrogens with one attached hydrogen (secondary N) is 1. The first-order chi connectivity index (χ1) is 10.1. The highest BCUT2D eigenvalue weighted by Gasteiger charge is 2.23. The second-order valence-electron chi connectivity index (χ2n) is 6.11. The van der Waals surface area contributed by atoms with E-state index in [4.69, 9.17) is 0 Å². The summed E-state index contributed by atoms with van der Waals surface area (Å²) in [5.41, 5.74) is 2.20. The zero-order valence-electron chi connectivity index (χ0n) is 13.1. The van der Waals surface area contributed by atoms with Crippen LogP contribution in [0.1, 0.15) is 25.5 Å². The van der Waals surface area contributed by atoms with E-state index in [1.165, 1.54) is 6.42 Å². The van der Waals surface area contributed by atoms with Crippen LogP contribution in [0, 0.1) is 6.92 Å². The van der Waals surface area contributed by atoms with E-state index in [-0.39, 0.29) is 0 Å². The zero-order valence-corrected chi connectivity index (χ0v) is 13.1. The number of benzene rings is 1. The van der Waals surface area contributed by atoms with E-state index >= 15 is 0 Å². The van der Waals surface area contributed by atoms with E-state index < -0.39 is 0 Å². The molecule has 1 aliphatic rings. The predicted octanol–water partition coefficient (Wildman–Crippen LogP) is 3.08. The van der Waals surface area contributed by atoms with Gasteiger partial charge in [0.05, 0.1) is 5.69 Å². The van der Waals surface area contributed by atoms with Crippen molar-refractivity contribution in [2.75, 3.05) is 18.9 Å². The topological polar surface area (TPSA) is 33.1 Å². The van der Waals surface area contributed by atoms with Crippen LogP contribution in [-0.2, 0) is 0 Å². The smallest absolute Gasteiger partial charge is 0.207 e. The summed E-state index contributed by atoms with van der Waals surface area (Å²) in [6.07, 6.45) is 4.43. The summed E-state index contributed by atoms with van der Waals surface area (Å²) < 4.78 is 2.15. The fourth-order valence-corrected chi connectivity index (χ4v) is 2.99. The number of hydrogen-bond acceptors (Lipinski definition) is 3. The highest BCUT2D eigenvalue weighted by Crippen LogP contribution is 2.22. The maximum Gasteiger partial charge on any atom is 0.207 e. The molecule has 1 aromatic carbocycles. The minimum Gasteiger partial charge on any atom is -0.353 e. The Labute approximate surface area is 126 Å². The van der Waals surface area contributed by atoms with Crippen LogP contribution >= 0.6 is 0 Å². The first-order valence-electron chi connectivity index (χ1n) is 7.71. The van der Waals surface area contributed by atoms with Gasteiger partial charge in [-0.05, 0) is 45.9 Å². The number of anilines is 1. The number of rotatable bonds is 3. The largest absolute Gasteiger partial charge is 0.353 e. The number of para-hydroxylation sites is 1. The standard InChI is InChI=1S/C17H24N4/c1-13-12-21(16-7-5-4-6-8-16)17(18-13)19-15-9-10-20(3)14(2)11-15/h4-8,12,14-15H,9-11H2,1-3H3,(H,18,19). The molecule has 4 nitrogen and oxygen atoms in total. The first-order valence-corrected chi connectivity index (χ1v) is 7.71. The third-order valence-corrected chi connectivity index (χ3v) is 4.40. The van der Waals surface area contributed by atoms with Crippen molar-refractivity contribution in [3.05, 3.63) is 42.2 Å². The molecule has 2 unspecified atom stereocenters. The van der Waals surface area contributed by atoms with Gasteiger partial charge in [-0.2, -0.15) is 0 Å². The van der Waals surface area contributed by atoms with E-state index in [2.05, 4.69) is 64.2 Å². The van der Waals surface area contributed by atoms with Gasteiger partial charge in [0.2, 0.25) is 5.95 Å². The van der Waals surface area contributed by atoms with Crippen LogP contribution in [0.3, 0.4) is 0 Å². The molecule has 0 aliphatic carbocycles.